The molecule has 0 aliphatic heterocycles. The van der Waals surface area contributed by atoms with Crippen molar-refractivity contribution < 1.29 is 9.53 Å². The summed E-state index contributed by atoms with van der Waals surface area (Å²) in [6.07, 6.45) is 7.63. The van der Waals surface area contributed by atoms with Crippen molar-refractivity contribution in [2.45, 2.75) is 65.3 Å². The highest BCUT2D eigenvalue weighted by molar-refractivity contribution is 5.90. The lowest BCUT2D eigenvalue weighted by Gasteiger charge is -2.30. The van der Waals surface area contributed by atoms with Crippen LogP contribution in [0.15, 0.2) is 29.3 Å². The molecule has 0 radical (unpaired) electrons. The summed E-state index contributed by atoms with van der Waals surface area (Å²) in [6.45, 7) is 7.27. The largest absolute Gasteiger partial charge is 0.385 e. The summed E-state index contributed by atoms with van der Waals surface area (Å²) in [4.78, 5) is 16.5. The molecule has 3 N–H and O–H groups in total. The molecular weight excluding hydrogens is 364 g/mol. The quantitative estimate of drug-likeness (QED) is 0.385. The van der Waals surface area contributed by atoms with Crippen LogP contribution in [0.4, 0.5) is 5.69 Å². The first-order valence-corrected chi connectivity index (χ1v) is 11.0. The van der Waals surface area contributed by atoms with Gasteiger partial charge in [-0.1, -0.05) is 31.9 Å². The van der Waals surface area contributed by atoms with Gasteiger partial charge >= 0.3 is 0 Å². The maximum Gasteiger partial charge on any atom is 0.224 e. The molecule has 0 spiro atoms. The van der Waals surface area contributed by atoms with E-state index in [0.717, 1.165) is 49.7 Å². The lowest BCUT2D eigenvalue weighted by atomic mass is 9.83. The fourth-order valence-corrected chi connectivity index (χ4v) is 3.89. The lowest BCUT2D eigenvalue weighted by Crippen LogP contribution is -2.43. The molecule has 29 heavy (non-hydrogen) atoms. The van der Waals surface area contributed by atoms with Gasteiger partial charge in [-0.3, -0.25) is 4.79 Å². The molecule has 1 aliphatic carbocycles. The van der Waals surface area contributed by atoms with Gasteiger partial charge in [0.2, 0.25) is 5.91 Å². The number of carbonyl (C=O) groups excluding carboxylic acids is 1. The van der Waals surface area contributed by atoms with Gasteiger partial charge in [-0.15, -0.1) is 0 Å². The van der Waals surface area contributed by atoms with E-state index in [1.807, 2.05) is 31.2 Å². The predicted octanol–water partition coefficient (Wildman–Crippen LogP) is 4.08. The van der Waals surface area contributed by atoms with Crippen LogP contribution < -0.4 is 16.0 Å². The molecule has 0 heterocycles. The Kier molecular flexibility index (Phi) is 9.98. The molecule has 1 saturated carbocycles. The summed E-state index contributed by atoms with van der Waals surface area (Å²) in [7, 11) is 1.78. The van der Waals surface area contributed by atoms with E-state index in [2.05, 4.69) is 22.9 Å². The second-order valence-electron chi connectivity index (χ2n) is 7.99. The zero-order valence-electron chi connectivity index (χ0n) is 18.4. The molecule has 6 nitrogen and oxygen atoms in total. The number of methoxy groups -OCH3 is 1. The van der Waals surface area contributed by atoms with Gasteiger partial charge in [0.1, 0.15) is 0 Å². The van der Waals surface area contributed by atoms with Crippen LogP contribution in [0, 0.1) is 5.41 Å². The number of ether oxygens (including phenoxy) is 1. The van der Waals surface area contributed by atoms with E-state index < -0.39 is 0 Å². The van der Waals surface area contributed by atoms with Gasteiger partial charge in [0, 0.05) is 38.9 Å². The molecule has 0 atom stereocenters. The number of nitrogens with zero attached hydrogens (tertiary/aromatic N) is 1. The van der Waals surface area contributed by atoms with Crippen LogP contribution in [0.2, 0.25) is 0 Å². The normalized spacial score (nSPS) is 15.9. The van der Waals surface area contributed by atoms with Gasteiger partial charge in [0.05, 0.1) is 6.54 Å². The molecule has 0 saturated heterocycles. The summed E-state index contributed by atoms with van der Waals surface area (Å²) in [5.74, 6) is 0.919. The standard InChI is InChI=1S/C23H38N4O2/c1-4-8-21(28)27-20-11-9-19(10-12-20)17-25-22(24-5-2)26-18-23(15-16-29-3)13-6-7-14-23/h9-12H,4-8,13-18H2,1-3H3,(H,27,28)(H2,24,25,26). The zero-order chi connectivity index (χ0) is 21.0. The molecule has 1 fully saturated rings. The van der Waals surface area contributed by atoms with Crippen LogP contribution in [0.1, 0.15) is 64.4 Å². The number of hydrogen-bond acceptors (Lipinski definition) is 3. The minimum absolute atomic E-state index is 0.0613. The van der Waals surface area contributed by atoms with Crippen molar-refractivity contribution in [3.05, 3.63) is 29.8 Å². The topological polar surface area (TPSA) is 74.8 Å². The fourth-order valence-electron chi connectivity index (χ4n) is 3.89. The van der Waals surface area contributed by atoms with Crippen LogP contribution >= 0.6 is 0 Å². The molecule has 162 valence electrons. The molecule has 1 amide bonds. The molecule has 1 aromatic rings. The monoisotopic (exact) mass is 402 g/mol. The van der Waals surface area contributed by atoms with Crippen LogP contribution in [0.25, 0.3) is 0 Å². The van der Waals surface area contributed by atoms with E-state index in [1.54, 1.807) is 7.11 Å². The predicted molar refractivity (Wildman–Crippen MR) is 120 cm³/mol. The van der Waals surface area contributed by atoms with Crippen LogP contribution in [-0.2, 0) is 16.1 Å². The molecule has 6 heteroatoms. The fraction of sp³-hybridized carbons (Fsp3) is 0.652. The van der Waals surface area contributed by atoms with E-state index in [-0.39, 0.29) is 5.91 Å². The van der Waals surface area contributed by atoms with Gasteiger partial charge < -0.3 is 20.7 Å². The summed E-state index contributed by atoms with van der Waals surface area (Å²) in [5, 5.41) is 9.83. The minimum atomic E-state index is 0.0613. The van der Waals surface area contributed by atoms with Gasteiger partial charge in [-0.2, -0.15) is 0 Å². The maximum absolute atomic E-state index is 11.7. The summed E-state index contributed by atoms with van der Waals surface area (Å²) < 4.78 is 5.34. The number of amides is 1. The molecule has 2 rings (SSSR count). The molecule has 1 aromatic carbocycles. The maximum atomic E-state index is 11.7. The summed E-state index contributed by atoms with van der Waals surface area (Å²) >= 11 is 0. The molecule has 0 bridgehead atoms. The zero-order valence-corrected chi connectivity index (χ0v) is 18.4. The van der Waals surface area contributed by atoms with Crippen molar-refractivity contribution >= 4 is 17.6 Å². The van der Waals surface area contributed by atoms with Crippen molar-refractivity contribution in [3.63, 3.8) is 0 Å². The highest BCUT2D eigenvalue weighted by Gasteiger charge is 2.33. The minimum Gasteiger partial charge on any atom is -0.385 e. The van der Waals surface area contributed by atoms with E-state index in [9.17, 15) is 4.79 Å². The Hall–Kier alpha value is -2.08. The number of nitrogens with one attached hydrogen (secondary N) is 3. The highest BCUT2D eigenvalue weighted by atomic mass is 16.5. The summed E-state index contributed by atoms with van der Waals surface area (Å²) in [6, 6.07) is 7.92. The van der Waals surface area contributed by atoms with Crippen molar-refractivity contribution in [1.82, 2.24) is 10.6 Å². The number of benzene rings is 1. The highest BCUT2D eigenvalue weighted by Crippen LogP contribution is 2.40. The smallest absolute Gasteiger partial charge is 0.224 e. The first kappa shape index (κ1) is 23.2. The molecule has 0 aromatic heterocycles. The Morgan fingerprint density at radius 2 is 1.86 bits per heavy atom. The third-order valence-electron chi connectivity index (χ3n) is 5.61. The Bertz CT molecular complexity index is 637. The molecular formula is C23H38N4O2. The van der Waals surface area contributed by atoms with Crippen molar-refractivity contribution in [3.8, 4) is 0 Å². The second-order valence-corrected chi connectivity index (χ2v) is 7.99. The van der Waals surface area contributed by atoms with E-state index in [4.69, 9.17) is 9.73 Å². The average molecular weight is 403 g/mol. The first-order valence-electron chi connectivity index (χ1n) is 11.0. The number of guanidine groups is 1. The van der Waals surface area contributed by atoms with Crippen LogP contribution in [-0.4, -0.2) is 38.7 Å². The van der Waals surface area contributed by atoms with Crippen molar-refractivity contribution in [1.29, 1.82) is 0 Å². The van der Waals surface area contributed by atoms with E-state index in [0.29, 0.717) is 18.4 Å². The van der Waals surface area contributed by atoms with E-state index in [1.165, 1.54) is 25.7 Å². The van der Waals surface area contributed by atoms with Crippen LogP contribution in [0.5, 0.6) is 0 Å². The Morgan fingerprint density at radius 3 is 2.48 bits per heavy atom. The Labute approximate surface area is 175 Å². The second kappa shape index (κ2) is 12.5. The SMILES string of the molecule is CCCC(=O)Nc1ccc(CN=C(NCC)NCC2(CCOC)CCCC2)cc1. The van der Waals surface area contributed by atoms with E-state index >= 15 is 0 Å². The van der Waals surface area contributed by atoms with Crippen LogP contribution in [0.3, 0.4) is 0 Å². The average Bonchev–Trinajstić information content (AvgIpc) is 3.19. The third-order valence-corrected chi connectivity index (χ3v) is 5.61. The van der Waals surface area contributed by atoms with Gasteiger partial charge in [-0.05, 0) is 55.7 Å². The summed E-state index contributed by atoms with van der Waals surface area (Å²) in [5.41, 5.74) is 2.28. The van der Waals surface area contributed by atoms with Crippen molar-refractivity contribution in [2.75, 3.05) is 32.1 Å². The van der Waals surface area contributed by atoms with Gasteiger partial charge in [0.25, 0.3) is 0 Å². The van der Waals surface area contributed by atoms with Gasteiger partial charge in [0.15, 0.2) is 5.96 Å². The third kappa shape index (κ3) is 8.05. The number of aliphatic imine (C=N–C) groups is 1. The number of hydrogen-bond donors (Lipinski definition) is 3. The Balaban J connectivity index is 1.91. The molecule has 0 unspecified atom stereocenters. The van der Waals surface area contributed by atoms with Gasteiger partial charge in [-0.25, -0.2) is 4.99 Å². The number of anilines is 1. The number of carbonyl (C=O) groups is 1. The molecule has 1 aliphatic rings. The number of rotatable bonds is 11. The van der Waals surface area contributed by atoms with Crippen molar-refractivity contribution in [2.24, 2.45) is 10.4 Å². The first-order chi connectivity index (χ1) is 14.1. The lowest BCUT2D eigenvalue weighted by molar-refractivity contribution is -0.116. The Morgan fingerprint density at radius 1 is 1.14 bits per heavy atom.